The second-order valence-electron chi connectivity index (χ2n) is 8.33. The van der Waals surface area contributed by atoms with E-state index in [1.165, 1.54) is 7.11 Å². The molecule has 0 aromatic heterocycles. The summed E-state index contributed by atoms with van der Waals surface area (Å²) in [5.74, 6) is -1.38. The SMILES string of the molecule is COC(=O)C(Cc1cccc(C(=N)N)c1)C(CO)NC(O)c1ccc(-c2cccc(CN)c2)cc1. The smallest absolute Gasteiger partial charge is 0.310 e. The maximum atomic E-state index is 12.6. The standard InChI is InChI=1S/C27H32N4O4/c1-35-27(34)23(14-17-4-2-7-22(12-17)25(29)30)24(16-32)31-26(33)20-10-8-19(9-11-20)21-6-3-5-18(13-21)15-28/h2-13,23-24,26,31-33H,14-16,28H2,1H3,(H3,29,30). The molecule has 0 amide bonds. The molecule has 0 heterocycles. The number of benzene rings is 3. The van der Waals surface area contributed by atoms with E-state index in [1.54, 1.807) is 30.3 Å². The van der Waals surface area contributed by atoms with Gasteiger partial charge in [-0.1, -0.05) is 60.7 Å². The van der Waals surface area contributed by atoms with Crippen LogP contribution < -0.4 is 16.8 Å². The van der Waals surface area contributed by atoms with Gasteiger partial charge in [0.25, 0.3) is 0 Å². The van der Waals surface area contributed by atoms with Crippen molar-refractivity contribution in [2.24, 2.45) is 17.4 Å². The molecule has 3 aromatic carbocycles. The molecule has 184 valence electrons. The van der Waals surface area contributed by atoms with E-state index in [9.17, 15) is 15.0 Å². The fourth-order valence-corrected chi connectivity index (χ4v) is 3.99. The van der Waals surface area contributed by atoms with Gasteiger partial charge in [0, 0.05) is 18.2 Å². The molecule has 3 rings (SSSR count). The van der Waals surface area contributed by atoms with E-state index >= 15 is 0 Å². The molecule has 8 nitrogen and oxygen atoms in total. The lowest BCUT2D eigenvalue weighted by Crippen LogP contribution is -2.46. The topological polar surface area (TPSA) is 155 Å². The van der Waals surface area contributed by atoms with Crippen molar-refractivity contribution in [3.8, 4) is 11.1 Å². The molecule has 3 atom stereocenters. The first kappa shape index (κ1) is 26.1. The lowest BCUT2D eigenvalue weighted by Gasteiger charge is -2.27. The van der Waals surface area contributed by atoms with Crippen LogP contribution in [0.4, 0.5) is 0 Å². The lowest BCUT2D eigenvalue weighted by atomic mass is 9.91. The summed E-state index contributed by atoms with van der Waals surface area (Å²) in [6.45, 7) is 0.0602. The Labute approximate surface area is 205 Å². The number of aliphatic hydroxyl groups is 2. The molecule has 0 aliphatic rings. The Morgan fingerprint density at radius 1 is 1.03 bits per heavy atom. The number of hydrogen-bond donors (Lipinski definition) is 6. The minimum absolute atomic E-state index is 0.0769. The van der Waals surface area contributed by atoms with Gasteiger partial charge >= 0.3 is 5.97 Å². The summed E-state index contributed by atoms with van der Waals surface area (Å²) in [7, 11) is 1.28. The van der Waals surface area contributed by atoms with Gasteiger partial charge in [0.05, 0.1) is 19.6 Å². The number of hydrogen-bond acceptors (Lipinski definition) is 7. The van der Waals surface area contributed by atoms with Gasteiger partial charge in [-0.2, -0.15) is 0 Å². The Kier molecular flexibility index (Phi) is 9.11. The van der Waals surface area contributed by atoms with Crippen LogP contribution in [0.3, 0.4) is 0 Å². The summed E-state index contributed by atoms with van der Waals surface area (Å²) >= 11 is 0. The van der Waals surface area contributed by atoms with E-state index in [1.807, 2.05) is 42.5 Å². The second kappa shape index (κ2) is 12.2. The van der Waals surface area contributed by atoms with Crippen LogP contribution in [-0.2, 0) is 22.5 Å². The number of aliphatic hydroxyl groups excluding tert-OH is 2. The molecular weight excluding hydrogens is 444 g/mol. The molecule has 0 aliphatic carbocycles. The van der Waals surface area contributed by atoms with E-state index < -0.39 is 30.8 Å². The van der Waals surface area contributed by atoms with Gasteiger partial charge in [0.2, 0.25) is 0 Å². The third-order valence-electron chi connectivity index (χ3n) is 5.97. The number of nitrogens with one attached hydrogen (secondary N) is 2. The minimum Gasteiger partial charge on any atom is -0.469 e. The number of esters is 1. The monoisotopic (exact) mass is 476 g/mol. The molecule has 8 N–H and O–H groups in total. The number of nitrogen functional groups attached to an aromatic ring is 1. The summed E-state index contributed by atoms with van der Waals surface area (Å²) in [5.41, 5.74) is 16.2. The highest BCUT2D eigenvalue weighted by Crippen LogP contribution is 2.24. The van der Waals surface area contributed by atoms with Crippen LogP contribution in [0.5, 0.6) is 0 Å². The van der Waals surface area contributed by atoms with E-state index in [0.717, 1.165) is 22.3 Å². The van der Waals surface area contributed by atoms with E-state index in [2.05, 4.69) is 5.32 Å². The Bertz CT molecular complexity index is 1150. The summed E-state index contributed by atoms with van der Waals surface area (Å²) in [6, 6.07) is 21.5. The zero-order valence-electron chi connectivity index (χ0n) is 19.6. The molecule has 0 aliphatic heterocycles. The van der Waals surface area contributed by atoms with Gasteiger partial charge in [0.1, 0.15) is 12.1 Å². The molecule has 8 heteroatoms. The van der Waals surface area contributed by atoms with E-state index in [-0.39, 0.29) is 12.3 Å². The van der Waals surface area contributed by atoms with Crippen molar-refractivity contribution in [1.29, 1.82) is 5.41 Å². The van der Waals surface area contributed by atoms with Gasteiger partial charge in [-0.05, 0) is 46.4 Å². The Morgan fingerprint density at radius 3 is 2.34 bits per heavy atom. The van der Waals surface area contributed by atoms with Gasteiger partial charge in [-0.15, -0.1) is 0 Å². The number of ether oxygens (including phenoxy) is 1. The summed E-state index contributed by atoms with van der Waals surface area (Å²) in [5, 5.41) is 31.5. The highest BCUT2D eigenvalue weighted by molar-refractivity contribution is 5.95. The van der Waals surface area contributed by atoms with Crippen molar-refractivity contribution in [2.75, 3.05) is 13.7 Å². The maximum Gasteiger partial charge on any atom is 0.310 e. The highest BCUT2D eigenvalue weighted by atomic mass is 16.5. The predicted molar refractivity (Wildman–Crippen MR) is 135 cm³/mol. The third-order valence-corrected chi connectivity index (χ3v) is 5.97. The first-order valence-corrected chi connectivity index (χ1v) is 11.3. The van der Waals surface area contributed by atoms with Crippen LogP contribution in [0.25, 0.3) is 11.1 Å². The fourth-order valence-electron chi connectivity index (χ4n) is 3.99. The van der Waals surface area contributed by atoms with E-state index in [0.29, 0.717) is 17.7 Å². The van der Waals surface area contributed by atoms with Crippen molar-refractivity contribution in [1.82, 2.24) is 5.32 Å². The summed E-state index contributed by atoms with van der Waals surface area (Å²) in [4.78, 5) is 12.6. The molecule has 3 aromatic rings. The largest absolute Gasteiger partial charge is 0.469 e. The van der Waals surface area contributed by atoms with Gasteiger partial charge in [-0.25, -0.2) is 0 Å². The lowest BCUT2D eigenvalue weighted by molar-refractivity contribution is -0.147. The Morgan fingerprint density at radius 2 is 1.71 bits per heavy atom. The second-order valence-corrected chi connectivity index (χ2v) is 8.33. The number of methoxy groups -OCH3 is 1. The van der Waals surface area contributed by atoms with Crippen molar-refractivity contribution < 1.29 is 19.7 Å². The van der Waals surface area contributed by atoms with Crippen LogP contribution in [0.1, 0.15) is 28.5 Å². The Balaban J connectivity index is 1.76. The fraction of sp³-hybridized carbons (Fsp3) is 0.259. The van der Waals surface area contributed by atoms with Crippen molar-refractivity contribution >= 4 is 11.8 Å². The number of amidine groups is 1. The number of carbonyl (C=O) groups is 1. The molecule has 0 fully saturated rings. The zero-order chi connectivity index (χ0) is 25.4. The number of nitrogens with two attached hydrogens (primary N) is 2. The molecule has 0 spiro atoms. The molecule has 35 heavy (non-hydrogen) atoms. The molecule has 0 saturated heterocycles. The van der Waals surface area contributed by atoms with Gasteiger partial charge < -0.3 is 26.4 Å². The normalized spacial score (nSPS) is 13.6. The van der Waals surface area contributed by atoms with E-state index in [4.69, 9.17) is 21.6 Å². The van der Waals surface area contributed by atoms with Crippen LogP contribution >= 0.6 is 0 Å². The molecule has 0 saturated carbocycles. The highest BCUT2D eigenvalue weighted by Gasteiger charge is 2.31. The zero-order valence-corrected chi connectivity index (χ0v) is 19.6. The van der Waals surface area contributed by atoms with Crippen molar-refractivity contribution in [3.63, 3.8) is 0 Å². The Hall–Kier alpha value is -3.56. The quantitative estimate of drug-likeness (QED) is 0.107. The molecule has 0 bridgehead atoms. The average molecular weight is 477 g/mol. The number of rotatable bonds is 11. The van der Waals surface area contributed by atoms with Crippen molar-refractivity contribution in [2.45, 2.75) is 25.2 Å². The maximum absolute atomic E-state index is 12.6. The summed E-state index contributed by atoms with van der Waals surface area (Å²) < 4.78 is 4.97. The van der Waals surface area contributed by atoms with Gasteiger partial charge in [-0.3, -0.25) is 15.5 Å². The van der Waals surface area contributed by atoms with Crippen molar-refractivity contribution in [3.05, 3.63) is 95.1 Å². The molecule has 0 radical (unpaired) electrons. The predicted octanol–water partition coefficient (Wildman–Crippen LogP) is 2.07. The van der Waals surface area contributed by atoms with Crippen LogP contribution in [0, 0.1) is 11.3 Å². The molecule has 3 unspecified atom stereocenters. The van der Waals surface area contributed by atoms with Crippen LogP contribution in [0.15, 0.2) is 72.8 Å². The van der Waals surface area contributed by atoms with Crippen LogP contribution in [-0.4, -0.2) is 41.8 Å². The first-order chi connectivity index (χ1) is 16.9. The summed E-state index contributed by atoms with van der Waals surface area (Å²) in [6.07, 6.45) is -0.887. The first-order valence-electron chi connectivity index (χ1n) is 11.3. The van der Waals surface area contributed by atoms with Crippen LogP contribution in [0.2, 0.25) is 0 Å². The minimum atomic E-state index is -1.12. The van der Waals surface area contributed by atoms with Gasteiger partial charge in [0.15, 0.2) is 0 Å². The third kappa shape index (κ3) is 6.74. The molecular formula is C27H32N4O4. The average Bonchev–Trinajstić information content (AvgIpc) is 2.90. The number of carbonyl (C=O) groups excluding carboxylic acids is 1.